The second-order valence-corrected chi connectivity index (χ2v) is 5.15. The molecule has 0 aliphatic heterocycles. The molecular formula is C18H18O4. The summed E-state index contributed by atoms with van der Waals surface area (Å²) in [4.78, 5) is 23.1. The molecule has 0 amide bonds. The van der Waals surface area contributed by atoms with Crippen LogP contribution in [0.2, 0.25) is 0 Å². The molecule has 0 saturated heterocycles. The first kappa shape index (κ1) is 15.8. The number of hydrogen-bond acceptors (Lipinski definition) is 3. The van der Waals surface area contributed by atoms with Crippen LogP contribution in [0.1, 0.15) is 17.5 Å². The monoisotopic (exact) mass is 298 g/mol. The highest BCUT2D eigenvalue weighted by Gasteiger charge is 2.40. The van der Waals surface area contributed by atoms with Crippen LogP contribution in [0.5, 0.6) is 5.75 Å². The van der Waals surface area contributed by atoms with E-state index >= 15 is 0 Å². The van der Waals surface area contributed by atoms with Crippen LogP contribution >= 0.6 is 0 Å². The van der Waals surface area contributed by atoms with E-state index in [0.717, 1.165) is 5.56 Å². The first-order chi connectivity index (χ1) is 10.6. The normalized spacial score (nSPS) is 13.1. The molecule has 0 aliphatic carbocycles. The zero-order chi connectivity index (χ0) is 16.0. The van der Waals surface area contributed by atoms with E-state index in [1.807, 2.05) is 30.3 Å². The first-order valence-corrected chi connectivity index (χ1v) is 6.98. The number of aliphatic carboxylic acids is 1. The molecule has 4 heteroatoms. The van der Waals surface area contributed by atoms with Crippen LogP contribution in [0, 0.1) is 0 Å². The highest BCUT2D eigenvalue weighted by Crippen LogP contribution is 2.33. The van der Waals surface area contributed by atoms with E-state index in [2.05, 4.69) is 0 Å². The number of carbonyl (C=O) groups is 2. The van der Waals surface area contributed by atoms with Gasteiger partial charge in [-0.3, -0.25) is 4.79 Å². The second kappa shape index (κ2) is 6.89. The van der Waals surface area contributed by atoms with Gasteiger partial charge in [0, 0.05) is 6.42 Å². The summed E-state index contributed by atoms with van der Waals surface area (Å²) in [5.41, 5.74) is 0.203. The molecule has 1 N–H and O–H groups in total. The molecule has 0 bridgehead atoms. The zero-order valence-electron chi connectivity index (χ0n) is 12.4. The molecule has 2 aromatic rings. The van der Waals surface area contributed by atoms with Crippen molar-refractivity contribution in [3.8, 4) is 5.75 Å². The summed E-state index contributed by atoms with van der Waals surface area (Å²) in [5, 5.41) is 9.81. The number of carboxylic acids is 1. The van der Waals surface area contributed by atoms with E-state index in [-0.39, 0.29) is 12.8 Å². The predicted molar refractivity (Wildman–Crippen MR) is 83.1 cm³/mol. The van der Waals surface area contributed by atoms with Gasteiger partial charge >= 0.3 is 5.97 Å². The van der Waals surface area contributed by atoms with Crippen molar-refractivity contribution in [1.29, 1.82) is 0 Å². The van der Waals surface area contributed by atoms with Crippen molar-refractivity contribution in [1.82, 2.24) is 0 Å². The third-order valence-electron chi connectivity index (χ3n) is 3.83. The Hall–Kier alpha value is -2.62. The molecule has 4 nitrogen and oxygen atoms in total. The lowest BCUT2D eigenvalue weighted by atomic mass is 9.73. The number of rotatable bonds is 7. The molecule has 0 aliphatic rings. The number of aldehydes is 1. The highest BCUT2D eigenvalue weighted by atomic mass is 16.5. The largest absolute Gasteiger partial charge is 0.497 e. The van der Waals surface area contributed by atoms with Crippen LogP contribution in [-0.4, -0.2) is 24.5 Å². The van der Waals surface area contributed by atoms with Crippen molar-refractivity contribution < 1.29 is 19.4 Å². The summed E-state index contributed by atoms with van der Waals surface area (Å²) in [5.74, 6) is -0.359. The van der Waals surface area contributed by atoms with Gasteiger partial charge in [-0.15, -0.1) is 0 Å². The van der Waals surface area contributed by atoms with Gasteiger partial charge in [-0.2, -0.15) is 0 Å². The van der Waals surface area contributed by atoms with E-state index in [0.29, 0.717) is 17.6 Å². The van der Waals surface area contributed by atoms with Gasteiger partial charge in [-0.25, -0.2) is 0 Å². The summed E-state index contributed by atoms with van der Waals surface area (Å²) in [6, 6.07) is 16.2. The van der Waals surface area contributed by atoms with Gasteiger partial charge in [0.05, 0.1) is 7.11 Å². The number of carboxylic acid groups (broad SMARTS) is 1. The van der Waals surface area contributed by atoms with Crippen molar-refractivity contribution in [2.45, 2.75) is 18.3 Å². The molecule has 1 unspecified atom stereocenters. The van der Waals surface area contributed by atoms with E-state index in [4.69, 9.17) is 4.74 Å². The second-order valence-electron chi connectivity index (χ2n) is 5.15. The van der Waals surface area contributed by atoms with E-state index in [1.165, 1.54) is 0 Å². The van der Waals surface area contributed by atoms with Crippen LogP contribution in [0.15, 0.2) is 54.6 Å². The van der Waals surface area contributed by atoms with Crippen molar-refractivity contribution in [2.24, 2.45) is 0 Å². The van der Waals surface area contributed by atoms with Gasteiger partial charge in [0.15, 0.2) is 0 Å². The molecule has 0 spiro atoms. The van der Waals surface area contributed by atoms with Gasteiger partial charge in [0.1, 0.15) is 17.5 Å². The maximum atomic E-state index is 12.0. The van der Waals surface area contributed by atoms with Crippen molar-refractivity contribution in [3.05, 3.63) is 65.7 Å². The van der Waals surface area contributed by atoms with Crippen molar-refractivity contribution in [2.75, 3.05) is 7.11 Å². The highest BCUT2D eigenvalue weighted by molar-refractivity contribution is 5.85. The Balaban J connectivity index is 2.47. The summed E-state index contributed by atoms with van der Waals surface area (Å²) >= 11 is 0. The van der Waals surface area contributed by atoms with Crippen molar-refractivity contribution in [3.63, 3.8) is 0 Å². The zero-order valence-corrected chi connectivity index (χ0v) is 12.4. The van der Waals surface area contributed by atoms with E-state index in [1.54, 1.807) is 31.4 Å². The fourth-order valence-electron chi connectivity index (χ4n) is 2.58. The molecule has 0 saturated carbocycles. The molecule has 2 aromatic carbocycles. The third kappa shape index (κ3) is 3.17. The third-order valence-corrected chi connectivity index (χ3v) is 3.83. The van der Waals surface area contributed by atoms with Gasteiger partial charge < -0.3 is 14.6 Å². The lowest BCUT2D eigenvalue weighted by Gasteiger charge is -2.28. The van der Waals surface area contributed by atoms with Gasteiger partial charge in [-0.1, -0.05) is 42.5 Å². The smallest absolute Gasteiger partial charge is 0.314 e. The lowest BCUT2D eigenvalue weighted by Crippen LogP contribution is -2.38. The standard InChI is InChI=1S/C18H18O4/c1-22-16-9-7-15(8-10-16)18(11-12-19,17(20)21)13-14-5-3-2-4-6-14/h2-10,12H,11,13H2,1H3,(H,20,21). The van der Waals surface area contributed by atoms with Crippen molar-refractivity contribution >= 4 is 12.3 Å². The molecular weight excluding hydrogens is 280 g/mol. The average Bonchev–Trinajstić information content (AvgIpc) is 2.55. The Bertz CT molecular complexity index is 634. The average molecular weight is 298 g/mol. The Kier molecular flexibility index (Phi) is 4.94. The Labute approximate surface area is 129 Å². The lowest BCUT2D eigenvalue weighted by molar-refractivity contribution is -0.145. The predicted octanol–water partition coefficient (Wildman–Crippen LogP) is 2.85. The molecule has 0 aromatic heterocycles. The fraction of sp³-hybridized carbons (Fsp3) is 0.222. The molecule has 0 heterocycles. The number of ether oxygens (including phenoxy) is 1. The number of hydrogen-bond donors (Lipinski definition) is 1. The molecule has 2 rings (SSSR count). The summed E-state index contributed by atoms with van der Waals surface area (Å²) in [7, 11) is 1.55. The Morgan fingerprint density at radius 1 is 1.14 bits per heavy atom. The van der Waals surface area contributed by atoms with Crippen LogP contribution in [0.4, 0.5) is 0 Å². The van der Waals surface area contributed by atoms with Crippen LogP contribution in [0.3, 0.4) is 0 Å². The number of carbonyl (C=O) groups excluding carboxylic acids is 1. The first-order valence-electron chi connectivity index (χ1n) is 6.98. The topological polar surface area (TPSA) is 63.6 Å². The van der Waals surface area contributed by atoms with Gasteiger partial charge in [-0.05, 0) is 29.7 Å². The minimum absolute atomic E-state index is 0.0798. The molecule has 114 valence electrons. The number of methoxy groups -OCH3 is 1. The summed E-state index contributed by atoms with van der Waals surface area (Å²) in [6.45, 7) is 0. The van der Waals surface area contributed by atoms with Crippen LogP contribution < -0.4 is 4.74 Å². The van der Waals surface area contributed by atoms with Gasteiger partial charge in [0.25, 0.3) is 0 Å². The van der Waals surface area contributed by atoms with Crippen LogP contribution in [0.25, 0.3) is 0 Å². The fourth-order valence-corrected chi connectivity index (χ4v) is 2.58. The van der Waals surface area contributed by atoms with E-state index in [9.17, 15) is 14.7 Å². The summed E-state index contributed by atoms with van der Waals surface area (Å²) in [6.07, 6.45) is 0.846. The molecule has 1 atom stereocenters. The minimum Gasteiger partial charge on any atom is -0.497 e. The summed E-state index contributed by atoms with van der Waals surface area (Å²) < 4.78 is 5.10. The maximum Gasteiger partial charge on any atom is 0.314 e. The van der Waals surface area contributed by atoms with Crippen LogP contribution in [-0.2, 0) is 21.4 Å². The molecule has 22 heavy (non-hydrogen) atoms. The van der Waals surface area contributed by atoms with Gasteiger partial charge in [0.2, 0.25) is 0 Å². The quantitative estimate of drug-likeness (QED) is 0.798. The number of benzene rings is 2. The molecule has 0 fully saturated rings. The Morgan fingerprint density at radius 2 is 1.77 bits per heavy atom. The maximum absolute atomic E-state index is 12.0. The Morgan fingerprint density at radius 3 is 2.27 bits per heavy atom. The van der Waals surface area contributed by atoms with E-state index < -0.39 is 11.4 Å². The minimum atomic E-state index is -1.27. The SMILES string of the molecule is COc1ccc(C(CC=O)(Cc2ccccc2)C(=O)O)cc1. The molecule has 0 radical (unpaired) electrons.